The maximum atomic E-state index is 13.2. The van der Waals surface area contributed by atoms with Crippen LogP contribution in [0.5, 0.6) is 11.5 Å². The lowest BCUT2D eigenvalue weighted by Gasteiger charge is -2.31. The van der Waals surface area contributed by atoms with Crippen LogP contribution >= 0.6 is 0 Å². The third-order valence-electron chi connectivity index (χ3n) is 4.65. The lowest BCUT2D eigenvalue weighted by Crippen LogP contribution is -2.38. The van der Waals surface area contributed by atoms with E-state index < -0.39 is 22.4 Å². The fourth-order valence-electron chi connectivity index (χ4n) is 3.33. The molecule has 1 heterocycles. The van der Waals surface area contributed by atoms with Gasteiger partial charge in [0, 0.05) is 12.1 Å². The zero-order valence-electron chi connectivity index (χ0n) is 16.7. The molecule has 0 amide bonds. The molecule has 0 saturated heterocycles. The highest BCUT2D eigenvalue weighted by molar-refractivity contribution is 6.00. The minimum absolute atomic E-state index is 0.0289. The van der Waals surface area contributed by atoms with Crippen LogP contribution in [0, 0.1) is 17.2 Å². The summed E-state index contributed by atoms with van der Waals surface area (Å²) in [5.74, 6) is -0.939. The maximum absolute atomic E-state index is 13.2. The van der Waals surface area contributed by atoms with Crippen LogP contribution in [-0.2, 0) is 20.2 Å². The number of fused-ring (bicyclic) bond motifs is 1. The van der Waals surface area contributed by atoms with Crippen molar-refractivity contribution in [2.24, 2.45) is 5.92 Å². The van der Waals surface area contributed by atoms with Crippen molar-refractivity contribution in [2.45, 2.75) is 38.4 Å². The maximum Gasteiger partial charge on any atom is 0.203 e. The molecular formula is C22H21NO7. The van der Waals surface area contributed by atoms with E-state index in [2.05, 4.69) is 6.07 Å². The Balaban J connectivity index is 2.12. The van der Waals surface area contributed by atoms with Gasteiger partial charge in [0.2, 0.25) is 5.43 Å². The van der Waals surface area contributed by atoms with Gasteiger partial charge in [-0.3, -0.25) is 9.59 Å². The van der Waals surface area contributed by atoms with Crippen LogP contribution in [0.25, 0.3) is 11.0 Å². The third kappa shape index (κ3) is 3.99. The second kappa shape index (κ2) is 7.78. The van der Waals surface area contributed by atoms with Gasteiger partial charge in [0.1, 0.15) is 34.8 Å². The smallest absolute Gasteiger partial charge is 0.203 e. The molecule has 0 spiro atoms. The van der Waals surface area contributed by atoms with E-state index in [0.29, 0.717) is 6.42 Å². The summed E-state index contributed by atoms with van der Waals surface area (Å²) in [4.78, 5) is 35.9. The molecule has 0 radical (unpaired) electrons. The highest BCUT2D eigenvalue weighted by Crippen LogP contribution is 2.35. The standard InChI is InChI=1S/C22H21NO7/c1-13(2)10-21(3,12-23)29-30-22(6-4-14(24)5-7-22)16-11-28-18-9-15(25)8-17(26)19(18)20(16)27/h4-9,11,13,25-26H,10H2,1-3H3. The summed E-state index contributed by atoms with van der Waals surface area (Å²) in [6.45, 7) is 5.40. The average Bonchev–Trinajstić information content (AvgIpc) is 2.67. The van der Waals surface area contributed by atoms with Gasteiger partial charge in [-0.25, -0.2) is 9.78 Å². The monoisotopic (exact) mass is 411 g/mol. The summed E-state index contributed by atoms with van der Waals surface area (Å²) < 4.78 is 5.44. The predicted octanol–water partition coefficient (Wildman–Crippen LogP) is 3.37. The number of allylic oxidation sites excluding steroid dienone is 2. The molecule has 3 rings (SSSR count). The number of nitrogens with zero attached hydrogens (tertiary/aromatic N) is 1. The van der Waals surface area contributed by atoms with Gasteiger partial charge < -0.3 is 14.6 Å². The first kappa shape index (κ1) is 21.3. The third-order valence-corrected chi connectivity index (χ3v) is 4.65. The SMILES string of the molecule is CC(C)CC(C)(C#N)OOC1(c2coc3cc(O)cc(O)c3c2=O)C=CC(=O)C=C1. The van der Waals surface area contributed by atoms with Crippen molar-refractivity contribution in [3.8, 4) is 17.6 Å². The van der Waals surface area contributed by atoms with Crippen LogP contribution in [0.1, 0.15) is 32.8 Å². The summed E-state index contributed by atoms with van der Waals surface area (Å²) in [6, 6.07) is 4.26. The van der Waals surface area contributed by atoms with Crippen LogP contribution in [0.3, 0.4) is 0 Å². The normalized spacial score (nSPS) is 17.2. The Kier molecular flexibility index (Phi) is 5.53. The number of hydrogen-bond donors (Lipinski definition) is 2. The summed E-state index contributed by atoms with van der Waals surface area (Å²) in [6.07, 6.45) is 6.50. The Hall–Kier alpha value is -3.41. The predicted molar refractivity (Wildman–Crippen MR) is 106 cm³/mol. The summed E-state index contributed by atoms with van der Waals surface area (Å²) in [5, 5.41) is 29.1. The Bertz CT molecular complexity index is 1140. The largest absolute Gasteiger partial charge is 0.508 e. The van der Waals surface area contributed by atoms with E-state index in [1.165, 1.54) is 30.4 Å². The number of carbonyl (C=O) groups is 1. The quantitative estimate of drug-likeness (QED) is 0.547. The Labute approximate surface area is 172 Å². The van der Waals surface area contributed by atoms with Gasteiger partial charge >= 0.3 is 0 Å². The molecule has 1 aromatic carbocycles. The van der Waals surface area contributed by atoms with Gasteiger partial charge in [-0.2, -0.15) is 5.26 Å². The van der Waals surface area contributed by atoms with Gasteiger partial charge in [-0.1, -0.05) is 13.8 Å². The van der Waals surface area contributed by atoms with Crippen molar-refractivity contribution in [3.63, 3.8) is 0 Å². The molecule has 0 fully saturated rings. The zero-order valence-corrected chi connectivity index (χ0v) is 16.7. The number of benzene rings is 1. The number of phenols is 2. The van der Waals surface area contributed by atoms with Gasteiger partial charge in [0.15, 0.2) is 17.0 Å². The van der Waals surface area contributed by atoms with E-state index in [1.54, 1.807) is 6.92 Å². The molecule has 2 N–H and O–H groups in total. The lowest BCUT2D eigenvalue weighted by atomic mass is 9.89. The second-order valence-corrected chi connectivity index (χ2v) is 7.79. The molecule has 8 heteroatoms. The molecular weight excluding hydrogens is 390 g/mol. The minimum Gasteiger partial charge on any atom is -0.508 e. The van der Waals surface area contributed by atoms with Crippen LogP contribution < -0.4 is 5.43 Å². The fourth-order valence-corrected chi connectivity index (χ4v) is 3.33. The number of carbonyl (C=O) groups excluding carboxylic acids is 1. The summed E-state index contributed by atoms with van der Waals surface area (Å²) in [5.41, 5.74) is -3.74. The number of phenolic OH excluding ortho intramolecular Hbond substituents is 2. The van der Waals surface area contributed by atoms with Crippen LogP contribution in [-0.4, -0.2) is 21.6 Å². The number of aromatic hydroxyl groups is 2. The number of hydrogen-bond acceptors (Lipinski definition) is 8. The molecule has 1 atom stereocenters. The number of nitriles is 1. The van der Waals surface area contributed by atoms with Crippen LogP contribution in [0.15, 0.2) is 51.9 Å². The Morgan fingerprint density at radius 1 is 1.23 bits per heavy atom. The first-order chi connectivity index (χ1) is 14.1. The van der Waals surface area contributed by atoms with Crippen molar-refractivity contribution >= 4 is 16.8 Å². The molecule has 30 heavy (non-hydrogen) atoms. The first-order valence-corrected chi connectivity index (χ1v) is 9.28. The van der Waals surface area contributed by atoms with Crippen molar-refractivity contribution in [2.75, 3.05) is 0 Å². The molecule has 1 aliphatic carbocycles. The molecule has 1 aliphatic rings. The fraction of sp³-hybridized carbons (Fsp3) is 0.318. The topological polar surface area (TPSA) is 130 Å². The molecule has 0 bridgehead atoms. The van der Waals surface area contributed by atoms with Crippen molar-refractivity contribution < 1.29 is 29.2 Å². The minimum atomic E-state index is -1.66. The van der Waals surface area contributed by atoms with Crippen molar-refractivity contribution in [1.82, 2.24) is 0 Å². The molecule has 1 unspecified atom stereocenters. The van der Waals surface area contributed by atoms with Gasteiger partial charge in [-0.15, -0.1) is 0 Å². The highest BCUT2D eigenvalue weighted by Gasteiger charge is 2.39. The molecule has 156 valence electrons. The average molecular weight is 411 g/mol. The van der Waals surface area contributed by atoms with E-state index in [0.717, 1.165) is 12.3 Å². The number of rotatable bonds is 6. The Morgan fingerprint density at radius 2 is 1.90 bits per heavy atom. The van der Waals surface area contributed by atoms with Gasteiger partial charge in [-0.05, 0) is 43.6 Å². The second-order valence-electron chi connectivity index (χ2n) is 7.79. The van der Waals surface area contributed by atoms with Crippen LogP contribution in [0.4, 0.5) is 0 Å². The molecule has 1 aromatic heterocycles. The van der Waals surface area contributed by atoms with Crippen LogP contribution in [0.2, 0.25) is 0 Å². The summed E-state index contributed by atoms with van der Waals surface area (Å²) >= 11 is 0. The lowest BCUT2D eigenvalue weighted by molar-refractivity contribution is -0.384. The van der Waals surface area contributed by atoms with Crippen molar-refractivity contribution in [3.05, 3.63) is 58.5 Å². The van der Waals surface area contributed by atoms with E-state index in [-0.39, 0.29) is 34.0 Å². The molecule has 0 saturated carbocycles. The summed E-state index contributed by atoms with van der Waals surface area (Å²) in [7, 11) is 0. The van der Waals surface area contributed by atoms with E-state index in [4.69, 9.17) is 14.2 Å². The van der Waals surface area contributed by atoms with Gasteiger partial charge in [0.05, 0.1) is 5.56 Å². The van der Waals surface area contributed by atoms with Crippen molar-refractivity contribution in [1.29, 1.82) is 5.26 Å². The molecule has 0 aliphatic heterocycles. The highest BCUT2D eigenvalue weighted by atomic mass is 17.2. The molecule has 8 nitrogen and oxygen atoms in total. The van der Waals surface area contributed by atoms with Gasteiger partial charge in [0.25, 0.3) is 0 Å². The Morgan fingerprint density at radius 3 is 2.50 bits per heavy atom. The van der Waals surface area contributed by atoms with E-state index in [1.807, 2.05) is 13.8 Å². The first-order valence-electron chi connectivity index (χ1n) is 9.28. The number of ketones is 1. The van der Waals surface area contributed by atoms with E-state index in [9.17, 15) is 25.1 Å². The zero-order chi connectivity index (χ0) is 22.1. The molecule has 2 aromatic rings. The van der Waals surface area contributed by atoms with E-state index >= 15 is 0 Å².